The number of hydrogen-bond donors (Lipinski definition) is 1. The molecule has 0 saturated carbocycles. The molecule has 1 aromatic rings. The lowest BCUT2D eigenvalue weighted by Gasteiger charge is -2.14. The number of nitrogens with one attached hydrogen (secondary N) is 1. The third-order valence-electron chi connectivity index (χ3n) is 2.07. The maximum atomic E-state index is 5.89. The molecule has 0 bridgehead atoms. The summed E-state index contributed by atoms with van der Waals surface area (Å²) in [6.07, 6.45) is 4.77. The van der Waals surface area contributed by atoms with E-state index in [1.54, 1.807) is 6.20 Å². The van der Waals surface area contributed by atoms with Gasteiger partial charge >= 0.3 is 0 Å². The summed E-state index contributed by atoms with van der Waals surface area (Å²) in [7, 11) is 0. The van der Waals surface area contributed by atoms with Crippen LogP contribution in [0.15, 0.2) is 18.5 Å². The molecular formula is C10H18ClN3. The van der Waals surface area contributed by atoms with E-state index in [1.165, 1.54) is 0 Å². The molecule has 2 unspecified atom stereocenters. The number of hydrogen-bond acceptors (Lipinski definition) is 2. The zero-order valence-corrected chi connectivity index (χ0v) is 9.54. The average molecular weight is 216 g/mol. The molecule has 80 valence electrons. The highest BCUT2D eigenvalue weighted by molar-refractivity contribution is 6.20. The Morgan fingerprint density at radius 1 is 1.50 bits per heavy atom. The fraction of sp³-hybridized carbons (Fsp3) is 0.700. The first-order valence-corrected chi connectivity index (χ1v) is 5.47. The van der Waals surface area contributed by atoms with Crippen molar-refractivity contribution in [2.75, 3.05) is 6.54 Å². The fourth-order valence-electron chi connectivity index (χ4n) is 1.43. The Bertz CT molecular complexity index is 234. The highest BCUT2D eigenvalue weighted by atomic mass is 35.5. The summed E-state index contributed by atoms with van der Waals surface area (Å²) >= 11 is 5.89. The van der Waals surface area contributed by atoms with E-state index in [2.05, 4.69) is 17.3 Å². The summed E-state index contributed by atoms with van der Waals surface area (Å²) in [6.45, 7) is 6.02. The van der Waals surface area contributed by atoms with Crippen molar-refractivity contribution in [1.82, 2.24) is 15.1 Å². The van der Waals surface area contributed by atoms with Gasteiger partial charge in [-0.3, -0.25) is 4.68 Å². The van der Waals surface area contributed by atoms with Gasteiger partial charge in [-0.1, -0.05) is 0 Å². The third kappa shape index (κ3) is 4.63. The molecule has 3 nitrogen and oxygen atoms in total. The van der Waals surface area contributed by atoms with Crippen molar-refractivity contribution in [1.29, 1.82) is 0 Å². The largest absolute Gasteiger partial charge is 0.312 e. The zero-order valence-electron chi connectivity index (χ0n) is 8.78. The number of rotatable bonds is 6. The maximum absolute atomic E-state index is 5.89. The minimum atomic E-state index is 0.238. The Kier molecular flexibility index (Phi) is 4.98. The lowest BCUT2D eigenvalue weighted by atomic mass is 10.2. The van der Waals surface area contributed by atoms with Gasteiger partial charge in [0.2, 0.25) is 0 Å². The standard InChI is InChI=1S/C10H18ClN3/c1-9(11)8-10(2)12-5-7-14-6-3-4-13-14/h3-4,6,9-10,12H,5,7-8H2,1-2H3. The van der Waals surface area contributed by atoms with Gasteiger partial charge in [-0.15, -0.1) is 11.6 Å². The van der Waals surface area contributed by atoms with Crippen LogP contribution in [0.4, 0.5) is 0 Å². The van der Waals surface area contributed by atoms with Crippen LogP contribution in [0.3, 0.4) is 0 Å². The molecule has 0 saturated heterocycles. The molecule has 0 aromatic carbocycles. The molecule has 1 heterocycles. The fourth-order valence-corrected chi connectivity index (χ4v) is 1.70. The van der Waals surface area contributed by atoms with Crippen LogP contribution in [-0.2, 0) is 6.54 Å². The van der Waals surface area contributed by atoms with Crippen molar-refractivity contribution in [3.05, 3.63) is 18.5 Å². The first-order chi connectivity index (χ1) is 6.68. The average Bonchev–Trinajstić information content (AvgIpc) is 2.55. The Hall–Kier alpha value is -0.540. The van der Waals surface area contributed by atoms with Gasteiger partial charge in [0, 0.05) is 30.4 Å². The Morgan fingerprint density at radius 2 is 2.29 bits per heavy atom. The van der Waals surface area contributed by atoms with Gasteiger partial charge in [-0.05, 0) is 26.3 Å². The molecule has 1 N–H and O–H groups in total. The van der Waals surface area contributed by atoms with Gasteiger partial charge in [0.05, 0.1) is 6.54 Å². The first-order valence-electron chi connectivity index (χ1n) is 5.03. The number of nitrogens with zero attached hydrogens (tertiary/aromatic N) is 2. The van der Waals surface area contributed by atoms with Crippen LogP contribution >= 0.6 is 11.6 Å². The topological polar surface area (TPSA) is 29.9 Å². The highest BCUT2D eigenvalue weighted by Crippen LogP contribution is 2.03. The lowest BCUT2D eigenvalue weighted by molar-refractivity contribution is 0.474. The minimum Gasteiger partial charge on any atom is -0.312 e. The summed E-state index contributed by atoms with van der Waals surface area (Å²) in [5.41, 5.74) is 0. The molecule has 0 aliphatic carbocycles. The summed E-state index contributed by atoms with van der Waals surface area (Å²) < 4.78 is 1.92. The normalized spacial score (nSPS) is 15.4. The van der Waals surface area contributed by atoms with E-state index in [9.17, 15) is 0 Å². The van der Waals surface area contributed by atoms with Gasteiger partial charge in [0.15, 0.2) is 0 Å². The van der Waals surface area contributed by atoms with Crippen LogP contribution in [-0.4, -0.2) is 27.7 Å². The van der Waals surface area contributed by atoms with Crippen LogP contribution in [0.5, 0.6) is 0 Å². The Morgan fingerprint density at radius 3 is 2.86 bits per heavy atom. The molecule has 4 heteroatoms. The van der Waals surface area contributed by atoms with Crippen molar-refractivity contribution in [3.63, 3.8) is 0 Å². The Balaban J connectivity index is 2.09. The first kappa shape index (κ1) is 11.5. The monoisotopic (exact) mass is 215 g/mol. The van der Waals surface area contributed by atoms with Crippen LogP contribution < -0.4 is 5.32 Å². The van der Waals surface area contributed by atoms with Gasteiger partial charge in [-0.25, -0.2) is 0 Å². The molecule has 0 fully saturated rings. The van der Waals surface area contributed by atoms with E-state index >= 15 is 0 Å². The lowest BCUT2D eigenvalue weighted by Crippen LogP contribution is -2.31. The van der Waals surface area contributed by atoms with Crippen molar-refractivity contribution in [3.8, 4) is 0 Å². The second kappa shape index (κ2) is 6.04. The summed E-state index contributed by atoms with van der Waals surface area (Å²) in [4.78, 5) is 0. The maximum Gasteiger partial charge on any atom is 0.0534 e. The second-order valence-electron chi connectivity index (χ2n) is 3.64. The van der Waals surface area contributed by atoms with Gasteiger partial charge in [-0.2, -0.15) is 5.10 Å². The smallest absolute Gasteiger partial charge is 0.0534 e. The predicted octanol–water partition coefficient (Wildman–Crippen LogP) is 1.88. The summed E-state index contributed by atoms with van der Waals surface area (Å²) in [5, 5.41) is 7.77. The van der Waals surface area contributed by atoms with Gasteiger partial charge in [0.1, 0.15) is 0 Å². The van der Waals surface area contributed by atoms with Gasteiger partial charge in [0.25, 0.3) is 0 Å². The molecular weight excluding hydrogens is 198 g/mol. The zero-order chi connectivity index (χ0) is 10.4. The van der Waals surface area contributed by atoms with Crippen LogP contribution in [0.1, 0.15) is 20.3 Å². The molecule has 0 aliphatic heterocycles. The minimum absolute atomic E-state index is 0.238. The van der Waals surface area contributed by atoms with Crippen molar-refractivity contribution in [2.24, 2.45) is 0 Å². The van der Waals surface area contributed by atoms with E-state index in [4.69, 9.17) is 11.6 Å². The SMILES string of the molecule is CC(Cl)CC(C)NCCn1cccn1. The Labute approximate surface area is 90.4 Å². The van der Waals surface area contributed by atoms with Crippen LogP contribution in [0.2, 0.25) is 0 Å². The molecule has 1 aromatic heterocycles. The molecule has 0 radical (unpaired) electrons. The quantitative estimate of drug-likeness (QED) is 0.735. The molecule has 0 aliphatic rings. The van der Waals surface area contributed by atoms with E-state index in [1.807, 2.05) is 23.9 Å². The number of aromatic nitrogens is 2. The van der Waals surface area contributed by atoms with E-state index in [-0.39, 0.29) is 5.38 Å². The number of alkyl halides is 1. The second-order valence-corrected chi connectivity index (χ2v) is 4.39. The molecule has 14 heavy (non-hydrogen) atoms. The predicted molar refractivity (Wildman–Crippen MR) is 59.6 cm³/mol. The van der Waals surface area contributed by atoms with Crippen LogP contribution in [0.25, 0.3) is 0 Å². The summed E-state index contributed by atoms with van der Waals surface area (Å²) in [5.74, 6) is 0. The van der Waals surface area contributed by atoms with Crippen LogP contribution in [0, 0.1) is 0 Å². The van der Waals surface area contributed by atoms with E-state index in [0.717, 1.165) is 19.5 Å². The number of halogens is 1. The van der Waals surface area contributed by atoms with Crippen molar-refractivity contribution < 1.29 is 0 Å². The third-order valence-corrected chi connectivity index (χ3v) is 2.25. The van der Waals surface area contributed by atoms with Crippen molar-refractivity contribution in [2.45, 2.75) is 38.2 Å². The van der Waals surface area contributed by atoms with E-state index < -0.39 is 0 Å². The van der Waals surface area contributed by atoms with E-state index in [0.29, 0.717) is 6.04 Å². The molecule has 0 amide bonds. The summed E-state index contributed by atoms with van der Waals surface area (Å²) in [6, 6.07) is 2.41. The highest BCUT2D eigenvalue weighted by Gasteiger charge is 2.04. The molecule has 0 spiro atoms. The molecule has 2 atom stereocenters. The van der Waals surface area contributed by atoms with Crippen molar-refractivity contribution >= 4 is 11.6 Å². The molecule has 1 rings (SSSR count). The van der Waals surface area contributed by atoms with Gasteiger partial charge < -0.3 is 5.32 Å².